The molecule has 104 valence electrons. The monoisotopic (exact) mass is 298 g/mol. The number of hydrogen-bond acceptors (Lipinski definition) is 3. The van der Waals surface area contributed by atoms with Crippen LogP contribution in [0.4, 0.5) is 8.78 Å². The smallest absolute Gasteiger partial charge is 0.487 e. The van der Waals surface area contributed by atoms with Crippen molar-refractivity contribution in [3.63, 3.8) is 0 Å². The van der Waals surface area contributed by atoms with Gasteiger partial charge in [-0.1, -0.05) is 17.7 Å². The van der Waals surface area contributed by atoms with E-state index in [-0.39, 0.29) is 22.8 Å². The molecule has 0 unspecified atom stereocenters. The summed E-state index contributed by atoms with van der Waals surface area (Å²) in [4.78, 5) is 0. The van der Waals surface area contributed by atoms with E-state index in [1.807, 2.05) is 0 Å². The lowest BCUT2D eigenvalue weighted by molar-refractivity contribution is 0.305. The Morgan fingerprint density at radius 2 is 1.80 bits per heavy atom. The third kappa shape index (κ3) is 3.69. The lowest BCUT2D eigenvalue weighted by Crippen LogP contribution is -2.30. The highest BCUT2D eigenvalue weighted by atomic mass is 35.5. The Hall–Kier alpha value is -1.63. The molecule has 0 aliphatic carbocycles. The molecule has 0 heterocycles. The van der Waals surface area contributed by atoms with E-state index in [1.54, 1.807) is 0 Å². The molecule has 3 nitrogen and oxygen atoms in total. The van der Waals surface area contributed by atoms with Crippen molar-refractivity contribution in [1.29, 1.82) is 0 Å². The number of hydrogen-bond donors (Lipinski definition) is 2. The first-order valence-electron chi connectivity index (χ1n) is 5.69. The van der Waals surface area contributed by atoms with E-state index >= 15 is 0 Å². The molecule has 0 radical (unpaired) electrons. The van der Waals surface area contributed by atoms with Crippen LogP contribution in [0.1, 0.15) is 5.56 Å². The van der Waals surface area contributed by atoms with Gasteiger partial charge in [0, 0.05) is 0 Å². The zero-order chi connectivity index (χ0) is 14.7. The van der Waals surface area contributed by atoms with Crippen molar-refractivity contribution in [2.45, 2.75) is 6.61 Å². The SMILES string of the molecule is OB(O)c1cc(F)cc(COc2ccc(F)cc2Cl)c1. The topological polar surface area (TPSA) is 49.7 Å². The molecule has 2 aromatic rings. The van der Waals surface area contributed by atoms with Crippen molar-refractivity contribution in [2.75, 3.05) is 0 Å². The molecule has 0 saturated heterocycles. The molecule has 0 aromatic heterocycles. The highest BCUT2D eigenvalue weighted by molar-refractivity contribution is 6.58. The van der Waals surface area contributed by atoms with Crippen LogP contribution in [-0.4, -0.2) is 17.2 Å². The maximum absolute atomic E-state index is 13.3. The Morgan fingerprint density at radius 1 is 1.05 bits per heavy atom. The number of rotatable bonds is 4. The molecular weight excluding hydrogens is 288 g/mol. The van der Waals surface area contributed by atoms with E-state index < -0.39 is 18.8 Å². The molecule has 0 spiro atoms. The third-order valence-corrected chi connectivity index (χ3v) is 2.86. The minimum absolute atomic E-state index is 0.0220. The van der Waals surface area contributed by atoms with Crippen molar-refractivity contribution in [3.05, 3.63) is 58.6 Å². The predicted octanol–water partition coefficient (Wildman–Crippen LogP) is 1.88. The van der Waals surface area contributed by atoms with Crippen molar-refractivity contribution in [3.8, 4) is 5.75 Å². The summed E-state index contributed by atoms with van der Waals surface area (Å²) in [5.41, 5.74) is 0.419. The fraction of sp³-hybridized carbons (Fsp3) is 0.0769. The Bertz CT molecular complexity index is 623. The van der Waals surface area contributed by atoms with Gasteiger partial charge in [0.25, 0.3) is 0 Å². The summed E-state index contributed by atoms with van der Waals surface area (Å²) in [6.45, 7) is -0.0389. The maximum atomic E-state index is 13.3. The Balaban J connectivity index is 2.14. The highest BCUT2D eigenvalue weighted by Gasteiger charge is 2.13. The average Bonchev–Trinajstić information content (AvgIpc) is 2.37. The quantitative estimate of drug-likeness (QED) is 0.847. The minimum Gasteiger partial charge on any atom is -0.487 e. The first-order valence-corrected chi connectivity index (χ1v) is 6.07. The zero-order valence-electron chi connectivity index (χ0n) is 10.2. The fourth-order valence-corrected chi connectivity index (χ4v) is 1.88. The van der Waals surface area contributed by atoms with Gasteiger partial charge in [0.2, 0.25) is 0 Å². The summed E-state index contributed by atoms with van der Waals surface area (Å²) in [6.07, 6.45) is 0. The van der Waals surface area contributed by atoms with Gasteiger partial charge in [-0.2, -0.15) is 0 Å². The first-order chi connectivity index (χ1) is 9.45. The zero-order valence-corrected chi connectivity index (χ0v) is 10.9. The van der Waals surface area contributed by atoms with Crippen LogP contribution in [0.25, 0.3) is 0 Å². The van der Waals surface area contributed by atoms with Crippen molar-refractivity contribution >= 4 is 24.2 Å². The first kappa shape index (κ1) is 14.8. The van der Waals surface area contributed by atoms with Gasteiger partial charge >= 0.3 is 7.12 Å². The maximum Gasteiger partial charge on any atom is 0.488 e. The van der Waals surface area contributed by atoms with Gasteiger partial charge in [-0.15, -0.1) is 0 Å². The molecule has 0 aliphatic rings. The molecule has 2 N–H and O–H groups in total. The second-order valence-electron chi connectivity index (χ2n) is 4.13. The molecule has 0 saturated carbocycles. The van der Waals surface area contributed by atoms with Crippen LogP contribution < -0.4 is 10.2 Å². The highest BCUT2D eigenvalue weighted by Crippen LogP contribution is 2.25. The summed E-state index contributed by atoms with van der Waals surface area (Å²) in [5.74, 6) is -0.846. The summed E-state index contributed by atoms with van der Waals surface area (Å²) in [6, 6.07) is 7.26. The van der Waals surface area contributed by atoms with Crippen LogP contribution in [0.2, 0.25) is 5.02 Å². The Labute approximate surface area is 119 Å². The standard InChI is InChI=1S/C13H10BClF2O3/c15-12-6-10(16)1-2-13(12)20-7-8-3-9(14(18)19)5-11(17)4-8/h1-6,18-19H,7H2. The lowest BCUT2D eigenvalue weighted by atomic mass is 9.79. The number of benzene rings is 2. The van der Waals surface area contributed by atoms with Gasteiger partial charge in [-0.25, -0.2) is 8.78 Å². The molecule has 0 atom stereocenters. The molecule has 0 fully saturated rings. The molecule has 2 aromatic carbocycles. The molecule has 7 heteroatoms. The Morgan fingerprint density at radius 3 is 2.45 bits per heavy atom. The van der Waals surface area contributed by atoms with Crippen LogP contribution in [0.3, 0.4) is 0 Å². The fourth-order valence-electron chi connectivity index (χ4n) is 1.66. The summed E-state index contributed by atoms with van der Waals surface area (Å²) in [5, 5.41) is 18.1. The van der Waals surface area contributed by atoms with Crippen molar-refractivity contribution in [1.82, 2.24) is 0 Å². The molecular formula is C13H10BClF2O3. The van der Waals surface area contributed by atoms with Gasteiger partial charge in [0.1, 0.15) is 24.0 Å². The van der Waals surface area contributed by atoms with Crippen LogP contribution in [0.15, 0.2) is 36.4 Å². The van der Waals surface area contributed by atoms with E-state index in [0.717, 1.165) is 12.1 Å². The average molecular weight is 298 g/mol. The van der Waals surface area contributed by atoms with Gasteiger partial charge in [-0.3, -0.25) is 0 Å². The lowest BCUT2D eigenvalue weighted by Gasteiger charge is -2.09. The van der Waals surface area contributed by atoms with E-state index in [2.05, 4.69) is 0 Å². The van der Waals surface area contributed by atoms with E-state index in [0.29, 0.717) is 5.56 Å². The van der Waals surface area contributed by atoms with Gasteiger partial charge in [-0.05, 0) is 41.4 Å². The summed E-state index contributed by atoms with van der Waals surface area (Å²) in [7, 11) is -1.76. The molecule has 0 bridgehead atoms. The number of ether oxygens (including phenoxy) is 1. The van der Waals surface area contributed by atoms with Crippen LogP contribution >= 0.6 is 11.6 Å². The molecule has 0 aliphatic heterocycles. The molecule has 2 rings (SSSR count). The van der Waals surface area contributed by atoms with Crippen LogP contribution in [0, 0.1) is 11.6 Å². The summed E-state index contributed by atoms with van der Waals surface area (Å²) >= 11 is 5.79. The Kier molecular flexibility index (Phi) is 4.59. The summed E-state index contributed by atoms with van der Waals surface area (Å²) < 4.78 is 31.5. The molecule has 20 heavy (non-hydrogen) atoms. The van der Waals surface area contributed by atoms with E-state index in [9.17, 15) is 8.78 Å². The van der Waals surface area contributed by atoms with Gasteiger partial charge in [0.05, 0.1) is 5.02 Å². The van der Waals surface area contributed by atoms with Crippen molar-refractivity contribution in [2.24, 2.45) is 0 Å². The van der Waals surface area contributed by atoms with E-state index in [1.165, 1.54) is 24.3 Å². The van der Waals surface area contributed by atoms with E-state index in [4.69, 9.17) is 26.4 Å². The van der Waals surface area contributed by atoms with Crippen LogP contribution in [0.5, 0.6) is 5.75 Å². The largest absolute Gasteiger partial charge is 0.488 e. The second kappa shape index (κ2) is 6.22. The van der Waals surface area contributed by atoms with Crippen molar-refractivity contribution < 1.29 is 23.6 Å². The minimum atomic E-state index is -1.76. The number of halogens is 3. The third-order valence-electron chi connectivity index (χ3n) is 2.57. The molecule has 0 amide bonds. The van der Waals surface area contributed by atoms with Gasteiger partial charge < -0.3 is 14.8 Å². The predicted molar refractivity (Wildman–Crippen MR) is 72.0 cm³/mol. The van der Waals surface area contributed by atoms with Gasteiger partial charge in [0.15, 0.2) is 0 Å². The normalized spacial score (nSPS) is 10.4. The second-order valence-corrected chi connectivity index (χ2v) is 4.54. The van der Waals surface area contributed by atoms with Crippen LogP contribution in [-0.2, 0) is 6.61 Å².